The zero-order valence-corrected chi connectivity index (χ0v) is 14.8. The van der Waals surface area contributed by atoms with Crippen LogP contribution in [-0.2, 0) is 6.54 Å². The first-order chi connectivity index (χ1) is 12.2. The number of nitrogens with zero attached hydrogens (tertiary/aromatic N) is 7. The summed E-state index contributed by atoms with van der Waals surface area (Å²) in [7, 11) is 0. The van der Waals surface area contributed by atoms with Crippen LogP contribution < -0.4 is 10.5 Å². The van der Waals surface area contributed by atoms with E-state index < -0.39 is 0 Å². The second-order valence-corrected chi connectivity index (χ2v) is 7.09. The highest BCUT2D eigenvalue weighted by molar-refractivity contribution is 7.13. The zero-order valence-electron chi connectivity index (χ0n) is 13.9. The molecule has 0 spiro atoms. The van der Waals surface area contributed by atoms with Gasteiger partial charge in [0.25, 0.3) is 5.56 Å². The standard InChI is InChI=1S/C16H19N7OS/c1-12-9-25-16(19-12)21-6-4-13(5-7-21)8-22-15(24)3-2-14(20-22)23-11-17-10-18-23/h2-3,9-11,13H,4-8H2,1H3. The molecule has 9 heteroatoms. The summed E-state index contributed by atoms with van der Waals surface area (Å²) in [5.41, 5.74) is 0.990. The maximum absolute atomic E-state index is 12.1. The molecule has 1 fully saturated rings. The van der Waals surface area contributed by atoms with E-state index in [1.807, 2.05) is 6.92 Å². The predicted octanol–water partition coefficient (Wildman–Crippen LogP) is 1.51. The van der Waals surface area contributed by atoms with Crippen LogP contribution in [0.15, 0.2) is 35.0 Å². The topological polar surface area (TPSA) is 81.7 Å². The Balaban J connectivity index is 1.43. The van der Waals surface area contributed by atoms with E-state index in [0.717, 1.165) is 36.8 Å². The average molecular weight is 357 g/mol. The van der Waals surface area contributed by atoms with Gasteiger partial charge in [0.1, 0.15) is 12.7 Å². The molecule has 130 valence electrons. The molecule has 0 aliphatic carbocycles. The summed E-state index contributed by atoms with van der Waals surface area (Å²) in [4.78, 5) is 22.9. The largest absolute Gasteiger partial charge is 0.348 e. The van der Waals surface area contributed by atoms with E-state index in [4.69, 9.17) is 0 Å². The highest BCUT2D eigenvalue weighted by Gasteiger charge is 2.22. The Bertz CT molecular complexity index is 893. The fraction of sp³-hybridized carbons (Fsp3) is 0.438. The molecule has 0 N–H and O–H groups in total. The average Bonchev–Trinajstić information content (AvgIpc) is 3.29. The van der Waals surface area contributed by atoms with Crippen molar-refractivity contribution in [3.8, 4) is 5.82 Å². The lowest BCUT2D eigenvalue weighted by Gasteiger charge is -2.31. The maximum atomic E-state index is 12.1. The Kier molecular flexibility index (Phi) is 4.31. The number of aryl methyl sites for hydroxylation is 1. The molecule has 0 saturated carbocycles. The lowest BCUT2D eigenvalue weighted by molar-refractivity contribution is 0.334. The SMILES string of the molecule is Cc1csc(N2CCC(Cn3nc(-n4cncn4)ccc3=O)CC2)n1. The molecule has 0 amide bonds. The molecule has 0 atom stereocenters. The van der Waals surface area contributed by atoms with Crippen LogP contribution in [0.4, 0.5) is 5.13 Å². The molecule has 3 aromatic heterocycles. The zero-order chi connectivity index (χ0) is 17.2. The summed E-state index contributed by atoms with van der Waals surface area (Å²) < 4.78 is 3.11. The van der Waals surface area contributed by atoms with Crippen LogP contribution >= 0.6 is 11.3 Å². The van der Waals surface area contributed by atoms with E-state index in [2.05, 4.69) is 30.4 Å². The molecule has 4 heterocycles. The van der Waals surface area contributed by atoms with Gasteiger partial charge in [-0.15, -0.1) is 16.4 Å². The van der Waals surface area contributed by atoms with Gasteiger partial charge in [0, 0.05) is 31.1 Å². The molecule has 4 rings (SSSR count). The van der Waals surface area contributed by atoms with Crippen molar-refractivity contribution < 1.29 is 0 Å². The molecular weight excluding hydrogens is 338 g/mol. The van der Waals surface area contributed by atoms with Crippen LogP contribution in [0.1, 0.15) is 18.5 Å². The highest BCUT2D eigenvalue weighted by Crippen LogP contribution is 2.26. The Morgan fingerprint density at radius 3 is 2.80 bits per heavy atom. The van der Waals surface area contributed by atoms with Crippen LogP contribution in [0.2, 0.25) is 0 Å². The third kappa shape index (κ3) is 3.46. The monoisotopic (exact) mass is 357 g/mol. The van der Waals surface area contributed by atoms with Crippen LogP contribution in [0.5, 0.6) is 0 Å². The number of aromatic nitrogens is 6. The Labute approximate surface area is 148 Å². The minimum atomic E-state index is -0.0816. The number of hydrogen-bond acceptors (Lipinski definition) is 7. The van der Waals surface area contributed by atoms with Gasteiger partial charge in [-0.05, 0) is 31.7 Å². The molecule has 0 radical (unpaired) electrons. The van der Waals surface area contributed by atoms with Gasteiger partial charge in [-0.1, -0.05) is 0 Å². The molecule has 8 nitrogen and oxygen atoms in total. The Morgan fingerprint density at radius 1 is 1.28 bits per heavy atom. The van der Waals surface area contributed by atoms with Crippen LogP contribution in [0, 0.1) is 12.8 Å². The van der Waals surface area contributed by atoms with Gasteiger partial charge in [0.2, 0.25) is 0 Å². The van der Waals surface area contributed by atoms with E-state index in [0.29, 0.717) is 18.3 Å². The number of thiazole rings is 1. The van der Waals surface area contributed by atoms with E-state index >= 15 is 0 Å². The maximum Gasteiger partial charge on any atom is 0.266 e. The van der Waals surface area contributed by atoms with Gasteiger partial charge in [-0.3, -0.25) is 4.79 Å². The lowest BCUT2D eigenvalue weighted by Crippen LogP contribution is -2.37. The van der Waals surface area contributed by atoms with Gasteiger partial charge in [-0.2, -0.15) is 5.10 Å². The fourth-order valence-corrected chi connectivity index (χ4v) is 3.91. The molecular formula is C16H19N7OS. The van der Waals surface area contributed by atoms with Crippen LogP contribution in [0.25, 0.3) is 5.82 Å². The van der Waals surface area contributed by atoms with Crippen molar-refractivity contribution in [1.82, 2.24) is 29.5 Å². The van der Waals surface area contributed by atoms with Crippen LogP contribution in [0.3, 0.4) is 0 Å². The van der Waals surface area contributed by atoms with Crippen molar-refractivity contribution in [2.75, 3.05) is 18.0 Å². The van der Waals surface area contributed by atoms with Crippen molar-refractivity contribution in [2.24, 2.45) is 5.92 Å². The number of rotatable bonds is 4. The predicted molar refractivity (Wildman–Crippen MR) is 95.2 cm³/mol. The lowest BCUT2D eigenvalue weighted by atomic mass is 9.97. The second kappa shape index (κ2) is 6.75. The van der Waals surface area contributed by atoms with Gasteiger partial charge < -0.3 is 4.90 Å². The Hall–Kier alpha value is -2.55. The van der Waals surface area contributed by atoms with Gasteiger partial charge in [0.05, 0.1) is 5.69 Å². The van der Waals surface area contributed by atoms with Gasteiger partial charge in [-0.25, -0.2) is 19.3 Å². The molecule has 0 aromatic carbocycles. The molecule has 0 unspecified atom stereocenters. The van der Waals surface area contributed by atoms with Crippen molar-refractivity contribution in [1.29, 1.82) is 0 Å². The number of piperidine rings is 1. The quantitative estimate of drug-likeness (QED) is 0.704. The molecule has 25 heavy (non-hydrogen) atoms. The summed E-state index contributed by atoms with van der Waals surface area (Å²) in [6.07, 6.45) is 5.08. The van der Waals surface area contributed by atoms with Crippen molar-refractivity contribution in [3.05, 3.63) is 46.2 Å². The van der Waals surface area contributed by atoms with E-state index in [1.54, 1.807) is 33.1 Å². The van der Waals surface area contributed by atoms with Crippen molar-refractivity contribution in [2.45, 2.75) is 26.3 Å². The summed E-state index contributed by atoms with van der Waals surface area (Å²) in [6.45, 7) is 4.59. The molecule has 1 aliphatic rings. The normalized spacial score (nSPS) is 15.6. The molecule has 0 bridgehead atoms. The second-order valence-electron chi connectivity index (χ2n) is 6.25. The van der Waals surface area contributed by atoms with Crippen molar-refractivity contribution in [3.63, 3.8) is 0 Å². The number of anilines is 1. The summed E-state index contributed by atoms with van der Waals surface area (Å²) in [5.74, 6) is 1.04. The van der Waals surface area contributed by atoms with Gasteiger partial charge in [0.15, 0.2) is 10.9 Å². The first kappa shape index (κ1) is 15.9. The Morgan fingerprint density at radius 2 is 2.12 bits per heavy atom. The third-order valence-corrected chi connectivity index (χ3v) is 5.45. The smallest absolute Gasteiger partial charge is 0.266 e. The first-order valence-corrected chi connectivity index (χ1v) is 9.17. The van der Waals surface area contributed by atoms with E-state index in [1.165, 1.54) is 12.4 Å². The third-order valence-electron chi connectivity index (χ3n) is 4.43. The fourth-order valence-electron chi connectivity index (χ4n) is 3.06. The minimum Gasteiger partial charge on any atom is -0.348 e. The first-order valence-electron chi connectivity index (χ1n) is 8.29. The van der Waals surface area contributed by atoms with E-state index in [-0.39, 0.29) is 5.56 Å². The van der Waals surface area contributed by atoms with Crippen LogP contribution in [-0.4, -0.2) is 42.6 Å². The molecule has 1 aliphatic heterocycles. The van der Waals surface area contributed by atoms with E-state index in [9.17, 15) is 4.79 Å². The summed E-state index contributed by atoms with van der Waals surface area (Å²) in [5, 5.41) is 11.7. The summed E-state index contributed by atoms with van der Waals surface area (Å²) >= 11 is 1.70. The van der Waals surface area contributed by atoms with Crippen molar-refractivity contribution >= 4 is 16.5 Å². The van der Waals surface area contributed by atoms with Gasteiger partial charge >= 0.3 is 0 Å². The highest BCUT2D eigenvalue weighted by atomic mass is 32.1. The summed E-state index contributed by atoms with van der Waals surface area (Å²) in [6, 6.07) is 3.21. The minimum absolute atomic E-state index is 0.0816. The molecule has 3 aromatic rings. The molecule has 1 saturated heterocycles. The number of hydrogen-bond donors (Lipinski definition) is 0.